The molecule has 6 heteroatoms. The molecule has 0 spiro atoms. The number of amides is 2. The number of morpholine rings is 1. The average molecular weight is 255 g/mol. The number of hydrogen-bond donors (Lipinski definition) is 2. The van der Waals surface area contributed by atoms with Gasteiger partial charge in [-0.1, -0.05) is 0 Å². The van der Waals surface area contributed by atoms with Crippen molar-refractivity contribution in [3.05, 3.63) is 0 Å². The Bertz CT molecular complexity index is 316. The number of hydrogen-bond acceptors (Lipinski definition) is 4. The van der Waals surface area contributed by atoms with Crippen molar-refractivity contribution in [2.24, 2.45) is 5.92 Å². The zero-order chi connectivity index (χ0) is 13.0. The molecule has 102 valence electrons. The molecule has 0 aromatic rings. The van der Waals surface area contributed by atoms with Crippen LogP contribution in [0.1, 0.15) is 12.8 Å². The van der Waals surface area contributed by atoms with E-state index in [1.54, 1.807) is 11.9 Å². The third-order valence-electron chi connectivity index (χ3n) is 3.65. The highest BCUT2D eigenvalue weighted by atomic mass is 16.5. The molecule has 2 saturated heterocycles. The second kappa shape index (κ2) is 6.15. The summed E-state index contributed by atoms with van der Waals surface area (Å²) in [4.78, 5) is 25.9. The van der Waals surface area contributed by atoms with E-state index in [9.17, 15) is 9.59 Å². The lowest BCUT2D eigenvalue weighted by atomic mass is 9.95. The summed E-state index contributed by atoms with van der Waals surface area (Å²) in [6, 6.07) is -0.467. The van der Waals surface area contributed by atoms with Gasteiger partial charge in [0.15, 0.2) is 0 Å². The van der Waals surface area contributed by atoms with Gasteiger partial charge in [0.05, 0.1) is 13.2 Å². The van der Waals surface area contributed by atoms with Gasteiger partial charge >= 0.3 is 0 Å². The first-order valence-corrected chi connectivity index (χ1v) is 6.54. The van der Waals surface area contributed by atoms with Crippen LogP contribution in [0.2, 0.25) is 0 Å². The molecule has 0 aromatic heterocycles. The SMILES string of the molecule is CNC(=O)C1COCCN1C(=O)C1CCNCC1. The Kier molecular flexibility index (Phi) is 4.54. The van der Waals surface area contributed by atoms with Gasteiger partial charge in [0.2, 0.25) is 11.8 Å². The van der Waals surface area contributed by atoms with E-state index >= 15 is 0 Å². The number of nitrogens with zero attached hydrogens (tertiary/aromatic N) is 1. The Morgan fingerprint density at radius 3 is 2.72 bits per heavy atom. The van der Waals surface area contributed by atoms with Crippen LogP contribution in [0.4, 0.5) is 0 Å². The molecule has 2 aliphatic heterocycles. The van der Waals surface area contributed by atoms with E-state index in [1.807, 2.05) is 0 Å². The van der Waals surface area contributed by atoms with Crippen LogP contribution in [0.25, 0.3) is 0 Å². The molecular formula is C12H21N3O3. The summed E-state index contributed by atoms with van der Waals surface area (Å²) in [5, 5.41) is 5.84. The van der Waals surface area contributed by atoms with Gasteiger partial charge in [-0.15, -0.1) is 0 Å². The second-order valence-corrected chi connectivity index (χ2v) is 4.76. The van der Waals surface area contributed by atoms with Gasteiger partial charge in [-0.05, 0) is 25.9 Å². The largest absolute Gasteiger partial charge is 0.377 e. The van der Waals surface area contributed by atoms with Crippen LogP contribution < -0.4 is 10.6 Å². The van der Waals surface area contributed by atoms with E-state index in [4.69, 9.17) is 4.74 Å². The Balaban J connectivity index is 2.03. The standard InChI is InChI=1S/C12H21N3O3/c1-13-11(16)10-8-18-7-6-15(10)12(17)9-2-4-14-5-3-9/h9-10,14H,2-8H2,1H3,(H,13,16). The molecule has 2 aliphatic rings. The highest BCUT2D eigenvalue weighted by Gasteiger charge is 2.35. The van der Waals surface area contributed by atoms with Crippen molar-refractivity contribution in [2.45, 2.75) is 18.9 Å². The summed E-state index contributed by atoms with van der Waals surface area (Å²) in [7, 11) is 1.59. The molecule has 6 nitrogen and oxygen atoms in total. The fourth-order valence-electron chi connectivity index (χ4n) is 2.55. The first-order valence-electron chi connectivity index (χ1n) is 6.54. The van der Waals surface area contributed by atoms with Crippen molar-refractivity contribution < 1.29 is 14.3 Å². The molecule has 18 heavy (non-hydrogen) atoms. The van der Waals surface area contributed by atoms with Gasteiger partial charge in [0.1, 0.15) is 6.04 Å². The Morgan fingerprint density at radius 2 is 2.06 bits per heavy atom. The third-order valence-corrected chi connectivity index (χ3v) is 3.65. The molecular weight excluding hydrogens is 234 g/mol. The monoisotopic (exact) mass is 255 g/mol. The molecule has 0 bridgehead atoms. The summed E-state index contributed by atoms with van der Waals surface area (Å²) < 4.78 is 5.31. The fourth-order valence-corrected chi connectivity index (χ4v) is 2.55. The Hall–Kier alpha value is -1.14. The molecule has 2 amide bonds. The lowest BCUT2D eigenvalue weighted by molar-refractivity contribution is -0.152. The molecule has 1 unspecified atom stereocenters. The predicted molar refractivity (Wildman–Crippen MR) is 66.0 cm³/mol. The maximum absolute atomic E-state index is 12.4. The first kappa shape index (κ1) is 13.3. The number of rotatable bonds is 2. The van der Waals surface area contributed by atoms with E-state index in [2.05, 4.69) is 10.6 Å². The lowest BCUT2D eigenvalue weighted by Crippen LogP contribution is -2.57. The Labute approximate surface area is 107 Å². The summed E-state index contributed by atoms with van der Waals surface area (Å²) in [5.41, 5.74) is 0. The number of piperidine rings is 1. The number of ether oxygens (including phenoxy) is 1. The van der Waals surface area contributed by atoms with E-state index in [0.717, 1.165) is 25.9 Å². The molecule has 2 fully saturated rings. The Morgan fingerprint density at radius 1 is 1.33 bits per heavy atom. The van der Waals surface area contributed by atoms with Crippen LogP contribution in [0, 0.1) is 5.92 Å². The van der Waals surface area contributed by atoms with Crippen LogP contribution in [-0.2, 0) is 14.3 Å². The minimum absolute atomic E-state index is 0.0523. The van der Waals surface area contributed by atoms with Crippen molar-refractivity contribution >= 4 is 11.8 Å². The van der Waals surface area contributed by atoms with Crippen molar-refractivity contribution in [1.82, 2.24) is 15.5 Å². The van der Waals surface area contributed by atoms with Crippen LogP contribution in [0.5, 0.6) is 0 Å². The molecule has 2 rings (SSSR count). The molecule has 0 aromatic carbocycles. The first-order chi connectivity index (χ1) is 8.74. The van der Waals surface area contributed by atoms with Gasteiger partial charge in [-0.3, -0.25) is 9.59 Å². The number of nitrogens with one attached hydrogen (secondary N) is 2. The van der Waals surface area contributed by atoms with E-state index in [0.29, 0.717) is 19.8 Å². The van der Waals surface area contributed by atoms with Crippen LogP contribution >= 0.6 is 0 Å². The normalized spacial score (nSPS) is 25.8. The molecule has 0 saturated carbocycles. The minimum atomic E-state index is -0.467. The quantitative estimate of drug-likeness (QED) is 0.661. The molecule has 0 aliphatic carbocycles. The van der Waals surface area contributed by atoms with Gasteiger partial charge in [0, 0.05) is 19.5 Å². The zero-order valence-electron chi connectivity index (χ0n) is 10.8. The summed E-state index contributed by atoms with van der Waals surface area (Å²) in [6.07, 6.45) is 1.72. The molecule has 2 heterocycles. The smallest absolute Gasteiger partial charge is 0.244 e. The topological polar surface area (TPSA) is 70.7 Å². The van der Waals surface area contributed by atoms with E-state index < -0.39 is 6.04 Å². The van der Waals surface area contributed by atoms with Gasteiger partial charge in [-0.25, -0.2) is 0 Å². The van der Waals surface area contributed by atoms with Crippen molar-refractivity contribution in [3.63, 3.8) is 0 Å². The maximum atomic E-state index is 12.4. The van der Waals surface area contributed by atoms with Crippen molar-refractivity contribution in [3.8, 4) is 0 Å². The fraction of sp³-hybridized carbons (Fsp3) is 0.833. The molecule has 2 N–H and O–H groups in total. The summed E-state index contributed by atoms with van der Waals surface area (Å²) in [5.74, 6) is 0.0156. The number of likely N-dealkylation sites (N-methyl/N-ethyl adjacent to an activating group) is 1. The average Bonchev–Trinajstić information content (AvgIpc) is 2.46. The van der Waals surface area contributed by atoms with Crippen molar-refractivity contribution in [2.75, 3.05) is 39.9 Å². The zero-order valence-corrected chi connectivity index (χ0v) is 10.8. The third kappa shape index (κ3) is 2.81. The highest BCUT2D eigenvalue weighted by Crippen LogP contribution is 2.18. The van der Waals surface area contributed by atoms with Crippen LogP contribution in [0.3, 0.4) is 0 Å². The second-order valence-electron chi connectivity index (χ2n) is 4.76. The summed E-state index contributed by atoms with van der Waals surface area (Å²) in [6.45, 7) is 3.10. The molecule has 0 radical (unpaired) electrons. The predicted octanol–water partition coefficient (Wildman–Crippen LogP) is -1.04. The summed E-state index contributed by atoms with van der Waals surface area (Å²) >= 11 is 0. The van der Waals surface area contributed by atoms with Gasteiger partial charge in [-0.2, -0.15) is 0 Å². The van der Waals surface area contributed by atoms with Crippen LogP contribution in [0.15, 0.2) is 0 Å². The van der Waals surface area contributed by atoms with E-state index in [-0.39, 0.29) is 17.7 Å². The van der Waals surface area contributed by atoms with Crippen LogP contribution in [-0.4, -0.2) is 62.7 Å². The number of carbonyl (C=O) groups excluding carboxylic acids is 2. The lowest BCUT2D eigenvalue weighted by Gasteiger charge is -2.37. The minimum Gasteiger partial charge on any atom is -0.377 e. The van der Waals surface area contributed by atoms with Gasteiger partial charge < -0.3 is 20.3 Å². The van der Waals surface area contributed by atoms with Gasteiger partial charge in [0.25, 0.3) is 0 Å². The van der Waals surface area contributed by atoms with E-state index in [1.165, 1.54) is 0 Å². The van der Waals surface area contributed by atoms with Crippen molar-refractivity contribution in [1.29, 1.82) is 0 Å². The molecule has 1 atom stereocenters. The maximum Gasteiger partial charge on any atom is 0.244 e. The highest BCUT2D eigenvalue weighted by molar-refractivity contribution is 5.88. The number of carbonyl (C=O) groups is 2.